The van der Waals surface area contributed by atoms with Gasteiger partial charge in [0.05, 0.1) is 11.3 Å². The number of aryl methyl sites for hydroxylation is 1. The van der Waals surface area contributed by atoms with E-state index < -0.39 is 21.6 Å². The number of hydrogen-bond donors (Lipinski definition) is 1. The number of alkyl halides is 3. The van der Waals surface area contributed by atoms with Crippen LogP contribution in [-0.2, 0) is 27.9 Å². The highest BCUT2D eigenvalue weighted by Crippen LogP contribution is 2.33. The van der Waals surface area contributed by atoms with Crippen LogP contribution in [0.15, 0.2) is 35.6 Å². The van der Waals surface area contributed by atoms with Gasteiger partial charge in [-0.1, -0.05) is 6.92 Å². The first-order valence-corrected chi connectivity index (χ1v) is 11.0. The van der Waals surface area contributed by atoms with E-state index in [4.69, 9.17) is 0 Å². The molecule has 0 atom stereocenters. The normalized spacial score (nSPS) is 12.6. The van der Waals surface area contributed by atoms with E-state index in [1.54, 1.807) is 0 Å². The lowest BCUT2D eigenvalue weighted by atomic mass is 10.2. The van der Waals surface area contributed by atoms with E-state index in [1.807, 2.05) is 0 Å². The molecule has 0 saturated carbocycles. The van der Waals surface area contributed by atoms with Gasteiger partial charge in [-0.15, -0.1) is 0 Å². The molecule has 32 heavy (non-hydrogen) atoms. The number of sulfone groups is 1. The van der Waals surface area contributed by atoms with Crippen molar-refractivity contribution in [1.82, 2.24) is 23.9 Å². The molecule has 4 aromatic heterocycles. The zero-order valence-electron chi connectivity index (χ0n) is 17.1. The van der Waals surface area contributed by atoms with Crippen molar-refractivity contribution < 1.29 is 26.4 Å². The highest BCUT2D eigenvalue weighted by Gasteiger charge is 2.33. The fourth-order valence-corrected chi connectivity index (χ4v) is 4.48. The van der Waals surface area contributed by atoms with E-state index in [2.05, 4.69) is 20.3 Å². The predicted octanol–water partition coefficient (Wildman–Crippen LogP) is 3.05. The second-order valence-corrected chi connectivity index (χ2v) is 9.25. The van der Waals surface area contributed by atoms with Crippen molar-refractivity contribution in [3.8, 4) is 11.5 Å². The van der Waals surface area contributed by atoms with Crippen molar-refractivity contribution in [2.75, 3.05) is 11.1 Å². The zero-order chi connectivity index (χ0) is 23.4. The van der Waals surface area contributed by atoms with Crippen LogP contribution in [0.3, 0.4) is 0 Å². The predicted molar refractivity (Wildman–Crippen MR) is 110 cm³/mol. The van der Waals surface area contributed by atoms with Crippen LogP contribution in [-0.4, -0.2) is 44.0 Å². The minimum absolute atomic E-state index is 0.0270. The average Bonchev–Trinajstić information content (AvgIpc) is 3.24. The van der Waals surface area contributed by atoms with Crippen LogP contribution in [0.1, 0.15) is 19.4 Å². The number of carbonyl (C=O) groups is 1. The summed E-state index contributed by atoms with van der Waals surface area (Å²) in [5.74, 6) is -0.505. The Labute approximate surface area is 179 Å². The lowest BCUT2D eigenvalue weighted by Gasteiger charge is -2.06. The van der Waals surface area contributed by atoms with Crippen molar-refractivity contribution in [2.45, 2.75) is 25.0 Å². The maximum Gasteiger partial charge on any atom is 0.417 e. The fraction of sp³-hybridized carbons (Fsp3) is 0.263. The van der Waals surface area contributed by atoms with E-state index in [1.165, 1.54) is 48.2 Å². The van der Waals surface area contributed by atoms with E-state index >= 15 is 0 Å². The number of nitrogens with zero attached hydrogens (tertiary/aromatic N) is 5. The maximum absolute atomic E-state index is 13.1. The Morgan fingerprint density at radius 1 is 1.22 bits per heavy atom. The third kappa shape index (κ3) is 3.57. The molecule has 0 aliphatic heterocycles. The Balaban J connectivity index is 2.00. The molecule has 0 aliphatic rings. The molecule has 0 fully saturated rings. The summed E-state index contributed by atoms with van der Waals surface area (Å²) in [6.07, 6.45) is -2.46. The van der Waals surface area contributed by atoms with Gasteiger partial charge in [0.2, 0.25) is 5.91 Å². The van der Waals surface area contributed by atoms with Crippen molar-refractivity contribution in [3.05, 3.63) is 36.2 Å². The number of halogens is 3. The number of rotatable bonds is 4. The van der Waals surface area contributed by atoms with Gasteiger partial charge in [-0.2, -0.15) is 13.2 Å². The van der Waals surface area contributed by atoms with Crippen LogP contribution < -0.4 is 5.32 Å². The lowest BCUT2D eigenvalue weighted by Crippen LogP contribution is -2.10. The third-order valence-electron chi connectivity index (χ3n) is 4.83. The van der Waals surface area contributed by atoms with Crippen LogP contribution in [0.2, 0.25) is 0 Å². The van der Waals surface area contributed by atoms with Crippen LogP contribution in [0.5, 0.6) is 0 Å². The van der Waals surface area contributed by atoms with Crippen LogP contribution >= 0.6 is 0 Å². The molecular weight excluding hydrogens is 449 g/mol. The van der Waals surface area contributed by atoms with Crippen molar-refractivity contribution in [3.63, 3.8) is 0 Å². The number of hydrogen-bond acceptors (Lipinski definition) is 6. The molecule has 0 saturated heterocycles. The quantitative estimate of drug-likeness (QED) is 0.495. The first kappa shape index (κ1) is 21.7. The van der Waals surface area contributed by atoms with Gasteiger partial charge in [-0.3, -0.25) is 9.20 Å². The number of imidazole rings is 2. The molecule has 0 spiro atoms. The lowest BCUT2D eigenvalue weighted by molar-refractivity contribution is -0.137. The van der Waals surface area contributed by atoms with Crippen LogP contribution in [0.4, 0.5) is 18.9 Å². The zero-order valence-corrected chi connectivity index (χ0v) is 17.9. The van der Waals surface area contributed by atoms with E-state index in [-0.39, 0.29) is 45.0 Å². The molecule has 13 heteroatoms. The Morgan fingerprint density at radius 2 is 1.94 bits per heavy atom. The molecule has 0 radical (unpaired) electrons. The van der Waals surface area contributed by atoms with E-state index in [0.717, 1.165) is 6.07 Å². The molecular formula is C19H17F3N6O3S. The number of carbonyl (C=O) groups excluding carboxylic acids is 1. The number of amides is 1. The smallest absolute Gasteiger partial charge is 0.326 e. The molecule has 0 bridgehead atoms. The average molecular weight is 466 g/mol. The number of aromatic nitrogens is 5. The largest absolute Gasteiger partial charge is 0.417 e. The van der Waals surface area contributed by atoms with Gasteiger partial charge in [-0.05, 0) is 12.1 Å². The minimum atomic E-state index is -4.60. The molecule has 4 aromatic rings. The van der Waals surface area contributed by atoms with Gasteiger partial charge in [0, 0.05) is 38.1 Å². The van der Waals surface area contributed by atoms with Crippen molar-refractivity contribution in [1.29, 1.82) is 0 Å². The molecule has 1 N–H and O–H groups in total. The summed E-state index contributed by atoms with van der Waals surface area (Å²) in [6, 6.07) is 3.85. The van der Waals surface area contributed by atoms with Gasteiger partial charge in [0.1, 0.15) is 16.9 Å². The van der Waals surface area contributed by atoms with E-state index in [0.29, 0.717) is 11.9 Å². The summed E-state index contributed by atoms with van der Waals surface area (Å²) in [4.78, 5) is 23.8. The molecule has 4 rings (SSSR count). The van der Waals surface area contributed by atoms with Gasteiger partial charge in [0.25, 0.3) is 0 Å². The molecule has 168 valence electrons. The second-order valence-electron chi connectivity index (χ2n) is 7.05. The maximum atomic E-state index is 13.1. The minimum Gasteiger partial charge on any atom is -0.326 e. The monoisotopic (exact) mass is 466 g/mol. The van der Waals surface area contributed by atoms with Gasteiger partial charge in [-0.25, -0.2) is 23.4 Å². The van der Waals surface area contributed by atoms with Gasteiger partial charge in [0.15, 0.2) is 26.3 Å². The number of fused-ring (bicyclic) bond motifs is 2. The highest BCUT2D eigenvalue weighted by atomic mass is 32.2. The standard InChI is InChI=1S/C19H17F3N6O3S/c1-4-32(30,31)18-15(26-14-8-12(24-10(2)29)5-6-28(14)18)17-25-13-7-11(19(20,21)22)9-23-16(13)27(17)3/h5-9H,4H2,1-3H3,(H,24,29). The Morgan fingerprint density at radius 3 is 2.56 bits per heavy atom. The molecule has 0 unspecified atom stereocenters. The van der Waals surface area contributed by atoms with Gasteiger partial charge >= 0.3 is 6.18 Å². The molecule has 9 nitrogen and oxygen atoms in total. The summed E-state index contributed by atoms with van der Waals surface area (Å²) >= 11 is 0. The summed E-state index contributed by atoms with van der Waals surface area (Å²) in [7, 11) is -2.31. The first-order valence-electron chi connectivity index (χ1n) is 9.35. The van der Waals surface area contributed by atoms with Crippen LogP contribution in [0.25, 0.3) is 28.3 Å². The topological polar surface area (TPSA) is 111 Å². The van der Waals surface area contributed by atoms with E-state index in [9.17, 15) is 26.4 Å². The second kappa shape index (κ2) is 7.29. The molecule has 1 amide bonds. The SMILES string of the molecule is CCS(=O)(=O)c1c(-c2nc3cc(C(F)(F)F)cnc3n2C)nc2cc(NC(C)=O)ccn12. The first-order chi connectivity index (χ1) is 14.9. The summed E-state index contributed by atoms with van der Waals surface area (Å²) in [5.41, 5.74) is -0.276. The Bertz CT molecular complexity index is 1490. The highest BCUT2D eigenvalue weighted by molar-refractivity contribution is 7.91. The molecule has 0 aliphatic carbocycles. The summed E-state index contributed by atoms with van der Waals surface area (Å²) in [5, 5.41) is 2.44. The summed E-state index contributed by atoms with van der Waals surface area (Å²) in [6.45, 7) is 2.80. The number of anilines is 1. The molecule has 4 heterocycles. The van der Waals surface area contributed by atoms with Gasteiger partial charge < -0.3 is 9.88 Å². The Hall–Kier alpha value is -3.48. The van der Waals surface area contributed by atoms with Crippen LogP contribution in [0, 0.1) is 0 Å². The van der Waals surface area contributed by atoms with Crippen molar-refractivity contribution in [2.24, 2.45) is 7.05 Å². The Kier molecular flexibility index (Phi) is 4.95. The number of nitrogens with one attached hydrogen (secondary N) is 1. The molecule has 0 aromatic carbocycles. The summed E-state index contributed by atoms with van der Waals surface area (Å²) < 4.78 is 67.8. The number of pyridine rings is 2. The third-order valence-corrected chi connectivity index (χ3v) is 6.56. The fourth-order valence-electron chi connectivity index (χ4n) is 3.33. The van der Waals surface area contributed by atoms with Crippen molar-refractivity contribution >= 4 is 38.2 Å².